The second kappa shape index (κ2) is 6.47. The molecule has 74 valence electrons. The zero-order valence-electron chi connectivity index (χ0n) is 9.01. The van der Waals surface area contributed by atoms with Crippen molar-refractivity contribution in [2.24, 2.45) is 11.8 Å². The van der Waals surface area contributed by atoms with Gasteiger partial charge in [0, 0.05) is 0 Å². The number of aliphatic hydroxyl groups excluding tert-OH is 1. The molecule has 0 bridgehead atoms. The largest absolute Gasteiger partial charge is 0.393 e. The molecule has 0 heterocycles. The molecule has 1 heteroatoms. The SMILES string of the molecule is CCCCCC(C)C(C)C(C)O. The molecule has 0 aromatic heterocycles. The molecule has 3 unspecified atom stereocenters. The number of aliphatic hydroxyl groups is 1. The van der Waals surface area contributed by atoms with Gasteiger partial charge < -0.3 is 5.11 Å². The smallest absolute Gasteiger partial charge is 0.0540 e. The van der Waals surface area contributed by atoms with Crippen molar-refractivity contribution in [3.05, 3.63) is 0 Å². The minimum Gasteiger partial charge on any atom is -0.393 e. The lowest BCUT2D eigenvalue weighted by Gasteiger charge is -2.22. The van der Waals surface area contributed by atoms with Gasteiger partial charge in [0.25, 0.3) is 0 Å². The summed E-state index contributed by atoms with van der Waals surface area (Å²) >= 11 is 0. The lowest BCUT2D eigenvalue weighted by atomic mass is 9.87. The van der Waals surface area contributed by atoms with Crippen LogP contribution in [0.4, 0.5) is 0 Å². The Balaban J connectivity index is 3.49. The van der Waals surface area contributed by atoms with E-state index < -0.39 is 0 Å². The summed E-state index contributed by atoms with van der Waals surface area (Å²) < 4.78 is 0. The Labute approximate surface area is 77.2 Å². The van der Waals surface area contributed by atoms with E-state index in [1.54, 1.807) is 0 Å². The van der Waals surface area contributed by atoms with E-state index in [1.165, 1.54) is 25.7 Å². The van der Waals surface area contributed by atoms with E-state index in [-0.39, 0.29) is 6.10 Å². The average molecular weight is 172 g/mol. The fourth-order valence-electron chi connectivity index (χ4n) is 1.45. The maximum Gasteiger partial charge on any atom is 0.0540 e. The van der Waals surface area contributed by atoms with E-state index in [0.717, 1.165) is 0 Å². The Morgan fingerprint density at radius 3 is 2.08 bits per heavy atom. The Kier molecular flexibility index (Phi) is 6.45. The molecule has 0 aliphatic heterocycles. The molecule has 0 spiro atoms. The molecular weight excluding hydrogens is 148 g/mol. The summed E-state index contributed by atoms with van der Waals surface area (Å²) in [6.07, 6.45) is 5.04. The second-order valence-corrected chi connectivity index (χ2v) is 4.07. The van der Waals surface area contributed by atoms with Gasteiger partial charge in [-0.15, -0.1) is 0 Å². The van der Waals surface area contributed by atoms with E-state index >= 15 is 0 Å². The molecule has 3 atom stereocenters. The van der Waals surface area contributed by atoms with Crippen LogP contribution in [0.5, 0.6) is 0 Å². The maximum atomic E-state index is 9.35. The van der Waals surface area contributed by atoms with Crippen LogP contribution >= 0.6 is 0 Å². The number of unbranched alkanes of at least 4 members (excludes halogenated alkanes) is 2. The van der Waals surface area contributed by atoms with Crippen molar-refractivity contribution in [1.82, 2.24) is 0 Å². The van der Waals surface area contributed by atoms with Gasteiger partial charge in [-0.1, -0.05) is 46.5 Å². The Morgan fingerprint density at radius 1 is 1.08 bits per heavy atom. The molecule has 0 aromatic carbocycles. The number of rotatable bonds is 6. The third-order valence-corrected chi connectivity index (χ3v) is 2.92. The van der Waals surface area contributed by atoms with Crippen molar-refractivity contribution in [3.8, 4) is 0 Å². The molecule has 1 nitrogen and oxygen atoms in total. The van der Waals surface area contributed by atoms with Gasteiger partial charge in [0.05, 0.1) is 6.10 Å². The molecular formula is C11H24O. The maximum absolute atomic E-state index is 9.35. The van der Waals surface area contributed by atoms with Crippen molar-refractivity contribution in [2.45, 2.75) is 59.5 Å². The van der Waals surface area contributed by atoms with Crippen LogP contribution in [0.3, 0.4) is 0 Å². The third-order valence-electron chi connectivity index (χ3n) is 2.92. The van der Waals surface area contributed by atoms with Crippen LogP contribution in [0.2, 0.25) is 0 Å². The molecule has 0 saturated carbocycles. The fraction of sp³-hybridized carbons (Fsp3) is 1.00. The summed E-state index contributed by atoms with van der Waals surface area (Å²) in [6.45, 7) is 8.50. The van der Waals surface area contributed by atoms with E-state index in [9.17, 15) is 5.11 Å². The van der Waals surface area contributed by atoms with Crippen LogP contribution in [0.1, 0.15) is 53.4 Å². The van der Waals surface area contributed by atoms with Gasteiger partial charge in [0.2, 0.25) is 0 Å². The van der Waals surface area contributed by atoms with Crippen LogP contribution in [-0.4, -0.2) is 11.2 Å². The molecule has 0 rings (SSSR count). The minimum atomic E-state index is -0.151. The molecule has 0 aromatic rings. The van der Waals surface area contributed by atoms with Crippen molar-refractivity contribution in [2.75, 3.05) is 0 Å². The highest BCUT2D eigenvalue weighted by Crippen LogP contribution is 2.21. The Morgan fingerprint density at radius 2 is 1.67 bits per heavy atom. The van der Waals surface area contributed by atoms with Crippen LogP contribution < -0.4 is 0 Å². The van der Waals surface area contributed by atoms with Gasteiger partial charge in [-0.05, 0) is 18.8 Å². The third kappa shape index (κ3) is 4.76. The summed E-state index contributed by atoms with van der Waals surface area (Å²) in [5.74, 6) is 1.11. The van der Waals surface area contributed by atoms with E-state index in [2.05, 4.69) is 20.8 Å². The standard InChI is InChI=1S/C11H24O/c1-5-6-7-8-9(2)10(3)11(4)12/h9-12H,5-8H2,1-4H3. The second-order valence-electron chi connectivity index (χ2n) is 4.07. The van der Waals surface area contributed by atoms with Crippen LogP contribution in [0.25, 0.3) is 0 Å². The first-order valence-electron chi connectivity index (χ1n) is 5.27. The summed E-state index contributed by atoms with van der Waals surface area (Å²) in [6, 6.07) is 0. The fourth-order valence-corrected chi connectivity index (χ4v) is 1.45. The monoisotopic (exact) mass is 172 g/mol. The molecule has 0 amide bonds. The molecule has 0 aliphatic carbocycles. The highest BCUT2D eigenvalue weighted by Gasteiger charge is 2.15. The van der Waals surface area contributed by atoms with Crippen LogP contribution in [0.15, 0.2) is 0 Å². The summed E-state index contributed by atoms with van der Waals surface area (Å²) in [5.41, 5.74) is 0. The average Bonchev–Trinajstić information content (AvgIpc) is 2.03. The van der Waals surface area contributed by atoms with Gasteiger partial charge in [-0.3, -0.25) is 0 Å². The summed E-state index contributed by atoms with van der Waals surface area (Å²) in [4.78, 5) is 0. The molecule has 0 fully saturated rings. The summed E-state index contributed by atoms with van der Waals surface area (Å²) in [5, 5.41) is 9.35. The molecule has 0 radical (unpaired) electrons. The molecule has 12 heavy (non-hydrogen) atoms. The van der Waals surface area contributed by atoms with Gasteiger partial charge >= 0.3 is 0 Å². The van der Waals surface area contributed by atoms with Gasteiger partial charge in [0.1, 0.15) is 0 Å². The summed E-state index contributed by atoms with van der Waals surface area (Å²) in [7, 11) is 0. The topological polar surface area (TPSA) is 20.2 Å². The van der Waals surface area contributed by atoms with Crippen molar-refractivity contribution >= 4 is 0 Å². The van der Waals surface area contributed by atoms with Crippen molar-refractivity contribution < 1.29 is 5.11 Å². The first-order valence-corrected chi connectivity index (χ1v) is 5.27. The van der Waals surface area contributed by atoms with E-state index in [0.29, 0.717) is 11.8 Å². The van der Waals surface area contributed by atoms with Gasteiger partial charge in [-0.2, -0.15) is 0 Å². The predicted octanol–water partition coefficient (Wildman–Crippen LogP) is 3.22. The zero-order valence-corrected chi connectivity index (χ0v) is 9.01. The van der Waals surface area contributed by atoms with E-state index in [1.807, 2.05) is 6.92 Å². The molecule has 0 aliphatic rings. The van der Waals surface area contributed by atoms with E-state index in [4.69, 9.17) is 0 Å². The quantitative estimate of drug-likeness (QED) is 0.610. The van der Waals surface area contributed by atoms with Gasteiger partial charge in [-0.25, -0.2) is 0 Å². The van der Waals surface area contributed by atoms with Crippen LogP contribution in [0, 0.1) is 11.8 Å². The predicted molar refractivity (Wildman–Crippen MR) is 54.2 cm³/mol. The lowest BCUT2D eigenvalue weighted by molar-refractivity contribution is 0.1000. The Hall–Kier alpha value is -0.0400. The van der Waals surface area contributed by atoms with Gasteiger partial charge in [0.15, 0.2) is 0 Å². The lowest BCUT2D eigenvalue weighted by Crippen LogP contribution is -2.20. The number of hydrogen-bond acceptors (Lipinski definition) is 1. The zero-order chi connectivity index (χ0) is 9.56. The Bertz CT molecular complexity index is 99.2. The first kappa shape index (κ1) is 12.0. The highest BCUT2D eigenvalue weighted by atomic mass is 16.3. The van der Waals surface area contributed by atoms with Crippen molar-refractivity contribution in [1.29, 1.82) is 0 Å². The normalized spacial score (nSPS) is 18.8. The van der Waals surface area contributed by atoms with Crippen molar-refractivity contribution in [3.63, 3.8) is 0 Å². The minimum absolute atomic E-state index is 0.151. The first-order chi connectivity index (χ1) is 5.59. The molecule has 1 N–H and O–H groups in total. The highest BCUT2D eigenvalue weighted by molar-refractivity contribution is 4.66. The number of hydrogen-bond donors (Lipinski definition) is 1. The van der Waals surface area contributed by atoms with Crippen LogP contribution in [-0.2, 0) is 0 Å². The molecule has 0 saturated heterocycles.